The van der Waals surface area contributed by atoms with Crippen LogP contribution >= 0.6 is 0 Å². The van der Waals surface area contributed by atoms with Crippen LogP contribution in [-0.2, 0) is 4.74 Å². The molecule has 0 aliphatic heterocycles. The number of fused-ring (bicyclic) bond motifs is 1. The number of anilines is 1. The van der Waals surface area contributed by atoms with E-state index in [1.165, 1.54) is 0 Å². The Bertz CT molecular complexity index is 496. The molecule has 18 heavy (non-hydrogen) atoms. The summed E-state index contributed by atoms with van der Waals surface area (Å²) in [5.41, 5.74) is 1.94. The first kappa shape index (κ1) is 12.8. The second-order valence-electron chi connectivity index (χ2n) is 4.04. The number of nitrogens with one attached hydrogen (secondary N) is 2. The van der Waals surface area contributed by atoms with Crippen molar-refractivity contribution in [2.75, 3.05) is 38.7 Å². The summed E-state index contributed by atoms with van der Waals surface area (Å²) in [6.45, 7) is 5.25. The Balaban J connectivity index is 1.83. The summed E-state index contributed by atoms with van der Waals surface area (Å²) < 4.78 is 6.78. The van der Waals surface area contributed by atoms with Gasteiger partial charge in [-0.1, -0.05) is 6.07 Å². The predicted octanol–water partition coefficient (Wildman–Crippen LogP) is 0.686. The number of pyridine rings is 1. The van der Waals surface area contributed by atoms with Crippen molar-refractivity contribution < 1.29 is 4.74 Å². The molecule has 0 spiro atoms. The van der Waals surface area contributed by atoms with Crippen LogP contribution in [0.2, 0.25) is 0 Å². The number of aromatic nitrogens is 3. The van der Waals surface area contributed by atoms with Crippen LogP contribution in [0.25, 0.3) is 5.65 Å². The first-order valence-electron chi connectivity index (χ1n) is 6.07. The molecular weight excluding hydrogens is 230 g/mol. The first-order valence-corrected chi connectivity index (χ1v) is 6.07. The monoisotopic (exact) mass is 249 g/mol. The Kier molecular flexibility index (Phi) is 4.49. The van der Waals surface area contributed by atoms with Gasteiger partial charge in [0.2, 0.25) is 5.95 Å². The maximum absolute atomic E-state index is 4.95. The molecule has 2 rings (SSSR count). The number of ether oxygens (including phenoxy) is 1. The maximum Gasteiger partial charge on any atom is 0.243 e. The Morgan fingerprint density at radius 3 is 2.94 bits per heavy atom. The van der Waals surface area contributed by atoms with Crippen LogP contribution in [0.15, 0.2) is 18.2 Å². The number of methoxy groups -OCH3 is 1. The molecule has 2 aromatic rings. The van der Waals surface area contributed by atoms with Crippen molar-refractivity contribution in [3.8, 4) is 0 Å². The van der Waals surface area contributed by atoms with Gasteiger partial charge >= 0.3 is 0 Å². The molecule has 2 heterocycles. The lowest BCUT2D eigenvalue weighted by atomic mass is 10.4. The van der Waals surface area contributed by atoms with Gasteiger partial charge in [0.25, 0.3) is 0 Å². The summed E-state index contributed by atoms with van der Waals surface area (Å²) >= 11 is 0. The lowest BCUT2D eigenvalue weighted by molar-refractivity contribution is 0.200. The van der Waals surface area contributed by atoms with Crippen LogP contribution in [0.4, 0.5) is 5.95 Å². The van der Waals surface area contributed by atoms with E-state index < -0.39 is 0 Å². The standard InChI is InChI=1S/C12H19N5O/c1-10-4-3-5-11-15-12(16-17(10)11)14-7-6-13-8-9-18-2/h3-5,13H,6-9H2,1-2H3,(H,14,16). The lowest BCUT2D eigenvalue weighted by Gasteiger charge is -2.03. The highest BCUT2D eigenvalue weighted by atomic mass is 16.5. The molecule has 0 unspecified atom stereocenters. The highest BCUT2D eigenvalue weighted by molar-refractivity contribution is 5.44. The Morgan fingerprint density at radius 2 is 2.17 bits per heavy atom. The van der Waals surface area contributed by atoms with Gasteiger partial charge in [0.15, 0.2) is 5.65 Å². The van der Waals surface area contributed by atoms with Crippen molar-refractivity contribution in [3.05, 3.63) is 23.9 Å². The van der Waals surface area contributed by atoms with Crippen LogP contribution in [-0.4, -0.2) is 47.9 Å². The Hall–Kier alpha value is -1.66. The van der Waals surface area contributed by atoms with Gasteiger partial charge in [-0.3, -0.25) is 0 Å². The molecule has 0 amide bonds. The molecule has 0 aliphatic carbocycles. The van der Waals surface area contributed by atoms with Crippen LogP contribution in [0.5, 0.6) is 0 Å². The molecule has 6 nitrogen and oxygen atoms in total. The molecule has 0 aromatic carbocycles. The van der Waals surface area contributed by atoms with Crippen molar-refractivity contribution in [1.82, 2.24) is 19.9 Å². The average molecular weight is 249 g/mol. The molecule has 0 atom stereocenters. The number of hydrogen-bond donors (Lipinski definition) is 2. The maximum atomic E-state index is 4.95. The quantitative estimate of drug-likeness (QED) is 0.707. The molecule has 0 fully saturated rings. The van der Waals surface area contributed by atoms with E-state index in [9.17, 15) is 0 Å². The van der Waals surface area contributed by atoms with Crippen molar-refractivity contribution >= 4 is 11.6 Å². The summed E-state index contributed by atoms with van der Waals surface area (Å²) in [4.78, 5) is 4.40. The largest absolute Gasteiger partial charge is 0.383 e. The van der Waals surface area contributed by atoms with E-state index in [0.717, 1.165) is 37.6 Å². The van der Waals surface area contributed by atoms with Gasteiger partial charge in [-0.2, -0.15) is 4.98 Å². The Labute approximate surface area is 106 Å². The molecule has 2 aromatic heterocycles. The third kappa shape index (κ3) is 3.18. The van der Waals surface area contributed by atoms with Gasteiger partial charge in [-0.05, 0) is 19.1 Å². The van der Waals surface area contributed by atoms with Gasteiger partial charge in [-0.15, -0.1) is 5.10 Å². The van der Waals surface area contributed by atoms with E-state index in [-0.39, 0.29) is 0 Å². The fourth-order valence-electron chi connectivity index (χ4n) is 1.67. The van der Waals surface area contributed by atoms with E-state index in [2.05, 4.69) is 20.7 Å². The molecule has 98 valence electrons. The minimum absolute atomic E-state index is 0.665. The molecule has 0 aliphatic rings. The summed E-state index contributed by atoms with van der Waals surface area (Å²) in [5.74, 6) is 0.665. The van der Waals surface area contributed by atoms with Gasteiger partial charge in [0.1, 0.15) is 0 Å². The molecule has 6 heteroatoms. The smallest absolute Gasteiger partial charge is 0.243 e. The lowest BCUT2D eigenvalue weighted by Crippen LogP contribution is -2.25. The SMILES string of the molecule is COCCNCCNc1nc2cccc(C)n2n1. The Morgan fingerprint density at radius 1 is 1.28 bits per heavy atom. The fraction of sp³-hybridized carbons (Fsp3) is 0.500. The average Bonchev–Trinajstić information content (AvgIpc) is 2.78. The highest BCUT2D eigenvalue weighted by Crippen LogP contribution is 2.07. The van der Waals surface area contributed by atoms with Crippen molar-refractivity contribution in [3.63, 3.8) is 0 Å². The number of aryl methyl sites for hydroxylation is 1. The molecule has 0 saturated heterocycles. The van der Waals surface area contributed by atoms with E-state index in [1.54, 1.807) is 7.11 Å². The summed E-state index contributed by atoms with van der Waals surface area (Å²) in [5, 5.41) is 10.8. The third-order valence-electron chi connectivity index (χ3n) is 2.62. The van der Waals surface area contributed by atoms with Crippen molar-refractivity contribution in [2.45, 2.75) is 6.92 Å². The highest BCUT2D eigenvalue weighted by Gasteiger charge is 2.03. The fourth-order valence-corrected chi connectivity index (χ4v) is 1.67. The molecular formula is C12H19N5O. The minimum Gasteiger partial charge on any atom is -0.383 e. The van der Waals surface area contributed by atoms with E-state index in [4.69, 9.17) is 4.74 Å². The predicted molar refractivity (Wildman–Crippen MR) is 71.0 cm³/mol. The number of rotatable bonds is 7. The van der Waals surface area contributed by atoms with Crippen LogP contribution in [0.3, 0.4) is 0 Å². The van der Waals surface area contributed by atoms with E-state index >= 15 is 0 Å². The van der Waals surface area contributed by atoms with Crippen molar-refractivity contribution in [1.29, 1.82) is 0 Å². The van der Waals surface area contributed by atoms with Gasteiger partial charge in [-0.25, -0.2) is 4.52 Å². The molecule has 2 N–H and O–H groups in total. The van der Waals surface area contributed by atoms with Crippen molar-refractivity contribution in [2.24, 2.45) is 0 Å². The van der Waals surface area contributed by atoms with Gasteiger partial charge < -0.3 is 15.4 Å². The third-order valence-corrected chi connectivity index (χ3v) is 2.62. The second kappa shape index (κ2) is 6.32. The zero-order valence-corrected chi connectivity index (χ0v) is 10.8. The zero-order valence-electron chi connectivity index (χ0n) is 10.8. The summed E-state index contributed by atoms with van der Waals surface area (Å²) in [6.07, 6.45) is 0. The number of nitrogens with zero attached hydrogens (tertiary/aromatic N) is 3. The summed E-state index contributed by atoms with van der Waals surface area (Å²) in [6, 6.07) is 5.94. The number of hydrogen-bond acceptors (Lipinski definition) is 5. The van der Waals surface area contributed by atoms with Crippen LogP contribution < -0.4 is 10.6 Å². The molecule has 0 radical (unpaired) electrons. The minimum atomic E-state index is 0.665. The topological polar surface area (TPSA) is 63.5 Å². The van der Waals surface area contributed by atoms with E-state index in [1.807, 2.05) is 29.6 Å². The first-order chi connectivity index (χ1) is 8.81. The van der Waals surface area contributed by atoms with E-state index in [0.29, 0.717) is 5.95 Å². The normalized spacial score (nSPS) is 11.0. The van der Waals surface area contributed by atoms with Crippen LogP contribution in [0.1, 0.15) is 5.69 Å². The van der Waals surface area contributed by atoms with Gasteiger partial charge in [0, 0.05) is 32.4 Å². The van der Waals surface area contributed by atoms with Crippen LogP contribution in [0, 0.1) is 6.92 Å². The second-order valence-corrected chi connectivity index (χ2v) is 4.04. The molecule has 0 bridgehead atoms. The van der Waals surface area contributed by atoms with Gasteiger partial charge in [0.05, 0.1) is 6.61 Å². The summed E-state index contributed by atoms with van der Waals surface area (Å²) in [7, 11) is 1.70. The zero-order chi connectivity index (χ0) is 12.8. The molecule has 0 saturated carbocycles.